The average molecular weight is 502 g/mol. The van der Waals surface area contributed by atoms with Crippen molar-refractivity contribution in [2.45, 2.75) is 18.2 Å². The van der Waals surface area contributed by atoms with E-state index in [1.54, 1.807) is 36.4 Å². The number of thioether (sulfide) groups is 1. The minimum Gasteiger partial charge on any atom is -0.325 e. The smallest absolute Gasteiger partial charge is 0.238 e. The van der Waals surface area contributed by atoms with Gasteiger partial charge in [-0.1, -0.05) is 53.2 Å². The molecule has 0 radical (unpaired) electrons. The van der Waals surface area contributed by atoms with Crippen LogP contribution in [0.25, 0.3) is 0 Å². The number of amidine groups is 1. The first-order valence-electron chi connectivity index (χ1n) is 9.99. The van der Waals surface area contributed by atoms with Crippen LogP contribution in [0.2, 0.25) is 10.0 Å². The Morgan fingerprint density at radius 1 is 1.06 bits per heavy atom. The van der Waals surface area contributed by atoms with E-state index in [0.29, 0.717) is 26.6 Å². The summed E-state index contributed by atoms with van der Waals surface area (Å²) >= 11 is 13.2. The van der Waals surface area contributed by atoms with Crippen LogP contribution in [0, 0.1) is 5.82 Å². The van der Waals surface area contributed by atoms with Crippen molar-refractivity contribution >= 4 is 63.3 Å². The molecular formula is C24H18Cl2FN3O2S. The van der Waals surface area contributed by atoms with E-state index in [0.717, 1.165) is 5.56 Å². The molecule has 0 spiro atoms. The third kappa shape index (κ3) is 6.13. The van der Waals surface area contributed by atoms with Crippen molar-refractivity contribution in [2.75, 3.05) is 5.32 Å². The summed E-state index contributed by atoms with van der Waals surface area (Å²) in [7, 11) is 0. The number of nitrogens with one attached hydrogen (secondary N) is 1. The van der Waals surface area contributed by atoms with E-state index < -0.39 is 5.25 Å². The summed E-state index contributed by atoms with van der Waals surface area (Å²) in [6, 6.07) is 19.6. The topological polar surface area (TPSA) is 61.8 Å². The van der Waals surface area contributed by atoms with Crippen LogP contribution in [0.3, 0.4) is 0 Å². The molecular weight excluding hydrogens is 484 g/mol. The molecule has 0 aromatic heterocycles. The monoisotopic (exact) mass is 501 g/mol. The van der Waals surface area contributed by atoms with Gasteiger partial charge in [-0.3, -0.25) is 14.5 Å². The molecule has 5 nitrogen and oxygen atoms in total. The molecule has 33 heavy (non-hydrogen) atoms. The number of anilines is 1. The van der Waals surface area contributed by atoms with Crippen molar-refractivity contribution in [1.29, 1.82) is 0 Å². The van der Waals surface area contributed by atoms with Gasteiger partial charge < -0.3 is 5.32 Å². The Hall–Kier alpha value is -2.87. The van der Waals surface area contributed by atoms with E-state index in [1.165, 1.54) is 40.9 Å². The normalized spacial score (nSPS) is 17.3. The third-order valence-corrected chi connectivity index (χ3v) is 6.50. The van der Waals surface area contributed by atoms with E-state index in [9.17, 15) is 14.0 Å². The van der Waals surface area contributed by atoms with Gasteiger partial charge in [-0.15, -0.1) is 0 Å². The van der Waals surface area contributed by atoms with Gasteiger partial charge in [0.05, 0.1) is 12.2 Å². The Kier molecular flexibility index (Phi) is 7.33. The highest BCUT2D eigenvalue weighted by Crippen LogP contribution is 2.31. The molecule has 1 N–H and O–H groups in total. The highest BCUT2D eigenvalue weighted by Gasteiger charge is 2.36. The molecule has 1 heterocycles. The minimum absolute atomic E-state index is 0.00704. The van der Waals surface area contributed by atoms with Crippen LogP contribution in [-0.4, -0.2) is 27.1 Å². The number of carbonyl (C=O) groups excluding carboxylic acids is 2. The molecule has 1 atom stereocenters. The van der Waals surface area contributed by atoms with E-state index in [1.807, 2.05) is 12.1 Å². The standard InChI is InChI=1S/C24H18Cl2FN3O2S/c25-16-6-4-15(5-7-16)14-30-22(31)13-21(23(32)28-20-3-1-2-17(26)12-20)33-24(30)29-19-10-8-18(27)9-11-19/h1-12,21H,13-14H2,(H,28,32). The van der Waals surface area contributed by atoms with Gasteiger partial charge in [-0.25, -0.2) is 9.38 Å². The summed E-state index contributed by atoms with van der Waals surface area (Å²) in [6.45, 7) is 0.270. The van der Waals surface area contributed by atoms with Crippen molar-refractivity contribution in [3.05, 3.63) is 94.2 Å². The lowest BCUT2D eigenvalue weighted by atomic mass is 10.2. The van der Waals surface area contributed by atoms with Crippen LogP contribution in [-0.2, 0) is 16.1 Å². The van der Waals surface area contributed by atoms with Gasteiger partial charge in [0.2, 0.25) is 11.8 Å². The fourth-order valence-corrected chi connectivity index (χ4v) is 4.60. The summed E-state index contributed by atoms with van der Waals surface area (Å²) in [6.07, 6.45) is 0.00704. The van der Waals surface area contributed by atoms with Gasteiger partial charge in [0.25, 0.3) is 0 Å². The van der Waals surface area contributed by atoms with E-state index in [-0.39, 0.29) is 30.6 Å². The number of aliphatic imine (C=N–C) groups is 1. The second kappa shape index (κ2) is 10.4. The maximum Gasteiger partial charge on any atom is 0.238 e. The molecule has 3 aromatic carbocycles. The maximum atomic E-state index is 13.3. The summed E-state index contributed by atoms with van der Waals surface area (Å²) in [5.41, 5.74) is 1.88. The third-order valence-electron chi connectivity index (χ3n) is 4.83. The molecule has 0 aliphatic carbocycles. The molecule has 2 amide bonds. The molecule has 1 fully saturated rings. The zero-order chi connectivity index (χ0) is 23.4. The van der Waals surface area contributed by atoms with Crippen LogP contribution in [0.4, 0.5) is 15.8 Å². The number of rotatable bonds is 5. The molecule has 3 aromatic rings. The number of nitrogens with zero attached hydrogens (tertiary/aromatic N) is 2. The van der Waals surface area contributed by atoms with Gasteiger partial charge >= 0.3 is 0 Å². The lowest BCUT2D eigenvalue weighted by Crippen LogP contribution is -2.44. The van der Waals surface area contributed by atoms with Crippen molar-refractivity contribution in [3.8, 4) is 0 Å². The van der Waals surface area contributed by atoms with Gasteiger partial charge in [0, 0.05) is 22.2 Å². The van der Waals surface area contributed by atoms with E-state index >= 15 is 0 Å². The van der Waals surface area contributed by atoms with Crippen LogP contribution in [0.15, 0.2) is 77.8 Å². The quantitative estimate of drug-likeness (QED) is 0.446. The number of carbonyl (C=O) groups is 2. The summed E-state index contributed by atoms with van der Waals surface area (Å²) in [4.78, 5) is 32.1. The summed E-state index contributed by atoms with van der Waals surface area (Å²) in [5, 5.41) is 3.57. The average Bonchev–Trinajstić information content (AvgIpc) is 2.78. The highest BCUT2D eigenvalue weighted by molar-refractivity contribution is 8.15. The minimum atomic E-state index is -0.683. The summed E-state index contributed by atoms with van der Waals surface area (Å²) < 4.78 is 13.3. The summed E-state index contributed by atoms with van der Waals surface area (Å²) in [5.74, 6) is -0.951. The van der Waals surface area contributed by atoms with Gasteiger partial charge in [-0.05, 0) is 60.2 Å². The van der Waals surface area contributed by atoms with Crippen molar-refractivity contribution in [2.24, 2.45) is 4.99 Å². The second-order valence-electron chi connectivity index (χ2n) is 7.29. The Morgan fingerprint density at radius 3 is 2.48 bits per heavy atom. The van der Waals surface area contributed by atoms with E-state index in [2.05, 4.69) is 10.3 Å². The largest absolute Gasteiger partial charge is 0.325 e. The van der Waals surface area contributed by atoms with Crippen LogP contribution in [0.1, 0.15) is 12.0 Å². The number of hydrogen-bond donors (Lipinski definition) is 1. The van der Waals surface area contributed by atoms with Crippen LogP contribution in [0.5, 0.6) is 0 Å². The van der Waals surface area contributed by atoms with Crippen molar-refractivity contribution < 1.29 is 14.0 Å². The lowest BCUT2D eigenvalue weighted by molar-refractivity contribution is -0.129. The van der Waals surface area contributed by atoms with E-state index in [4.69, 9.17) is 23.2 Å². The Balaban J connectivity index is 1.59. The number of halogens is 3. The van der Waals surface area contributed by atoms with Gasteiger partial charge in [-0.2, -0.15) is 0 Å². The second-order valence-corrected chi connectivity index (χ2v) is 9.33. The van der Waals surface area contributed by atoms with Gasteiger partial charge in [0.1, 0.15) is 11.1 Å². The van der Waals surface area contributed by atoms with Gasteiger partial charge in [0.15, 0.2) is 5.17 Å². The zero-order valence-corrected chi connectivity index (χ0v) is 19.5. The first-order valence-corrected chi connectivity index (χ1v) is 11.6. The first kappa shape index (κ1) is 23.3. The molecule has 0 bridgehead atoms. The molecule has 168 valence electrons. The fraction of sp³-hybridized carbons (Fsp3) is 0.125. The molecule has 4 rings (SSSR count). The SMILES string of the molecule is O=C(Nc1cccc(Cl)c1)C1CC(=O)N(Cc2ccc(Cl)cc2)C(=Nc2ccc(F)cc2)S1. The van der Waals surface area contributed by atoms with Crippen LogP contribution < -0.4 is 5.32 Å². The maximum absolute atomic E-state index is 13.3. The van der Waals surface area contributed by atoms with Crippen molar-refractivity contribution in [1.82, 2.24) is 4.90 Å². The molecule has 9 heteroatoms. The number of amides is 2. The van der Waals surface area contributed by atoms with Crippen molar-refractivity contribution in [3.63, 3.8) is 0 Å². The number of benzene rings is 3. The van der Waals surface area contributed by atoms with Crippen LogP contribution >= 0.6 is 35.0 Å². The molecule has 1 unspecified atom stereocenters. The highest BCUT2D eigenvalue weighted by atomic mass is 35.5. The Labute approximate surface area is 204 Å². The molecule has 0 saturated carbocycles. The number of hydrogen-bond acceptors (Lipinski definition) is 4. The lowest BCUT2D eigenvalue weighted by Gasteiger charge is -2.32. The predicted octanol–water partition coefficient (Wildman–Crippen LogP) is 6.29. The molecule has 1 saturated heterocycles. The molecule has 1 aliphatic rings. The Bertz CT molecular complexity index is 1200. The first-order chi connectivity index (χ1) is 15.9. The predicted molar refractivity (Wildman–Crippen MR) is 132 cm³/mol. The Morgan fingerprint density at radius 2 is 1.79 bits per heavy atom. The zero-order valence-electron chi connectivity index (χ0n) is 17.2. The molecule has 1 aliphatic heterocycles. The fourth-order valence-electron chi connectivity index (χ4n) is 3.18.